The Morgan fingerprint density at radius 2 is 1.50 bits per heavy atom. The van der Waals surface area contributed by atoms with Gasteiger partial charge in [-0.3, -0.25) is 10.2 Å². The third-order valence-corrected chi connectivity index (χ3v) is 5.35. The van der Waals surface area contributed by atoms with Gasteiger partial charge in [0.2, 0.25) is 0 Å². The van der Waals surface area contributed by atoms with Crippen LogP contribution in [0.15, 0.2) is 42.5 Å². The van der Waals surface area contributed by atoms with Gasteiger partial charge in [0, 0.05) is 17.6 Å². The average Bonchev–Trinajstić information content (AvgIpc) is 2.82. The van der Waals surface area contributed by atoms with E-state index in [0.29, 0.717) is 31.3 Å². The maximum absolute atomic E-state index is 14.9. The number of hydrogen-bond acceptors (Lipinski definition) is 2. The molecule has 0 heterocycles. The van der Waals surface area contributed by atoms with Crippen LogP contribution in [-0.2, 0) is 12.4 Å². The summed E-state index contributed by atoms with van der Waals surface area (Å²) in [7, 11) is 0.672. The fourth-order valence-electron chi connectivity index (χ4n) is 3.26. The third-order valence-electron chi connectivity index (χ3n) is 5.13. The van der Waals surface area contributed by atoms with Crippen molar-refractivity contribution in [3.63, 3.8) is 0 Å². The molecule has 1 atom stereocenters. The molecule has 2 N–H and O–H groups in total. The molecule has 1 unspecified atom stereocenters. The molecule has 0 radical (unpaired) electrons. The predicted octanol–water partition coefficient (Wildman–Crippen LogP) is 7.88. The number of hydrogen-bond donors (Lipinski definition) is 2. The molecule has 3 amide bonds. The first-order valence-corrected chi connectivity index (χ1v) is 11.2. The van der Waals surface area contributed by atoms with Crippen LogP contribution in [0.4, 0.5) is 61.9 Å². The zero-order valence-corrected chi connectivity index (χ0v) is 21.1. The first kappa shape index (κ1) is 34.5. The van der Waals surface area contributed by atoms with Crippen molar-refractivity contribution in [2.45, 2.75) is 30.6 Å². The van der Waals surface area contributed by atoms with Crippen LogP contribution in [0.3, 0.4) is 0 Å². The highest BCUT2D eigenvalue weighted by atomic mass is 35.5. The van der Waals surface area contributed by atoms with E-state index in [1.54, 1.807) is 5.43 Å². The standard InChI is InChI=1S/C23H15ClF13N3O2/c1-40(19(42)38-9-20(26,27)28)39-18(41)14-3-2-10(6-16(14)23(35,36)37)17(25)8-15(22(32,33)34)11-4-12(21(29,30)31)7-13(24)5-11/h2-8,15H,9H2,1H3,(H,38,42)(H,39,41)/b17-8-. The highest BCUT2D eigenvalue weighted by Crippen LogP contribution is 2.42. The molecule has 5 nitrogen and oxygen atoms in total. The molecule has 42 heavy (non-hydrogen) atoms. The Morgan fingerprint density at radius 1 is 0.905 bits per heavy atom. The average molecular weight is 648 g/mol. The van der Waals surface area contributed by atoms with Gasteiger partial charge in [0.1, 0.15) is 18.3 Å². The fraction of sp³-hybridized carbons (Fsp3) is 0.304. The molecule has 0 fully saturated rings. The van der Waals surface area contributed by atoms with Crippen molar-refractivity contribution in [2.75, 3.05) is 13.6 Å². The van der Waals surface area contributed by atoms with Gasteiger partial charge in [-0.25, -0.2) is 14.2 Å². The monoisotopic (exact) mass is 647 g/mol. The summed E-state index contributed by atoms with van der Waals surface area (Å²) >= 11 is 5.49. The van der Waals surface area contributed by atoms with Gasteiger partial charge in [-0.15, -0.1) is 0 Å². The Morgan fingerprint density at radius 3 is 2.00 bits per heavy atom. The smallest absolute Gasteiger partial charge is 0.327 e. The van der Waals surface area contributed by atoms with Gasteiger partial charge in [0.25, 0.3) is 5.91 Å². The molecule has 232 valence electrons. The van der Waals surface area contributed by atoms with E-state index in [9.17, 15) is 66.7 Å². The van der Waals surface area contributed by atoms with Gasteiger partial charge >= 0.3 is 30.7 Å². The first-order chi connectivity index (χ1) is 18.9. The SMILES string of the molecule is CN(NC(=O)c1ccc(/C(F)=C/C(c2cc(Cl)cc(C(F)(F)F)c2)C(F)(F)F)cc1C(F)(F)F)C(=O)NCC(F)(F)F. The Balaban J connectivity index is 2.49. The fourth-order valence-corrected chi connectivity index (χ4v) is 3.50. The summed E-state index contributed by atoms with van der Waals surface area (Å²) in [6.07, 6.45) is -21.2. The van der Waals surface area contributed by atoms with Crippen LogP contribution in [-0.4, -0.2) is 42.9 Å². The second-order valence-corrected chi connectivity index (χ2v) is 8.77. The molecule has 0 bridgehead atoms. The van der Waals surface area contributed by atoms with Crippen LogP contribution in [0.25, 0.3) is 5.83 Å². The van der Waals surface area contributed by atoms with Crippen LogP contribution in [0.5, 0.6) is 0 Å². The number of amides is 3. The van der Waals surface area contributed by atoms with E-state index in [0.717, 1.165) is 0 Å². The number of alkyl halides is 12. The summed E-state index contributed by atoms with van der Waals surface area (Å²) in [6.45, 7) is -1.86. The Labute approximate surface area is 231 Å². The lowest BCUT2D eigenvalue weighted by molar-refractivity contribution is -0.142. The highest BCUT2D eigenvalue weighted by Gasteiger charge is 2.42. The van der Waals surface area contributed by atoms with Gasteiger partial charge in [0.05, 0.1) is 16.7 Å². The Hall–Kier alpha value is -3.70. The summed E-state index contributed by atoms with van der Waals surface area (Å²) in [5, 5.41) is 0.582. The van der Waals surface area contributed by atoms with Crippen molar-refractivity contribution in [1.82, 2.24) is 15.8 Å². The number of nitrogens with one attached hydrogen (secondary N) is 2. The molecular weight excluding hydrogens is 633 g/mol. The maximum atomic E-state index is 14.9. The lowest BCUT2D eigenvalue weighted by atomic mass is 9.94. The van der Waals surface area contributed by atoms with Crippen LogP contribution in [0.1, 0.15) is 38.5 Å². The number of halogens is 14. The van der Waals surface area contributed by atoms with E-state index in [2.05, 4.69) is 0 Å². The highest BCUT2D eigenvalue weighted by molar-refractivity contribution is 6.30. The molecule has 0 aliphatic heterocycles. The van der Waals surface area contributed by atoms with Crippen LogP contribution < -0.4 is 10.7 Å². The molecular formula is C23H15ClF13N3O2. The molecule has 0 aliphatic rings. The zero-order valence-electron chi connectivity index (χ0n) is 20.4. The predicted molar refractivity (Wildman–Crippen MR) is 120 cm³/mol. The second-order valence-electron chi connectivity index (χ2n) is 8.34. The molecule has 2 rings (SSSR count). The van der Waals surface area contributed by atoms with Crippen molar-refractivity contribution in [2.24, 2.45) is 0 Å². The second kappa shape index (κ2) is 12.3. The maximum Gasteiger partial charge on any atom is 0.417 e. The van der Waals surface area contributed by atoms with Crippen molar-refractivity contribution in [1.29, 1.82) is 0 Å². The number of carbonyl (C=O) groups excluding carboxylic acids is 2. The van der Waals surface area contributed by atoms with Gasteiger partial charge in [0.15, 0.2) is 0 Å². The summed E-state index contributed by atoms with van der Waals surface area (Å²) < 4.78 is 173. The van der Waals surface area contributed by atoms with Crippen molar-refractivity contribution >= 4 is 29.4 Å². The number of nitrogens with zero attached hydrogens (tertiary/aromatic N) is 1. The minimum Gasteiger partial charge on any atom is -0.327 e. The van der Waals surface area contributed by atoms with Gasteiger partial charge in [-0.2, -0.15) is 52.7 Å². The summed E-state index contributed by atoms with van der Waals surface area (Å²) in [4.78, 5) is 24.0. The van der Waals surface area contributed by atoms with E-state index in [1.807, 2.05) is 0 Å². The molecule has 0 aromatic heterocycles. The third kappa shape index (κ3) is 9.42. The van der Waals surface area contributed by atoms with Gasteiger partial charge in [-0.1, -0.05) is 17.7 Å². The number of rotatable bonds is 5. The number of benzene rings is 2. The molecule has 19 heteroatoms. The number of urea groups is 1. The van der Waals surface area contributed by atoms with E-state index < -0.39 is 87.8 Å². The minimum atomic E-state index is -5.46. The summed E-state index contributed by atoms with van der Waals surface area (Å²) in [5.41, 5.74) is -5.68. The number of allylic oxidation sites excluding steroid dienone is 1. The minimum absolute atomic E-state index is 0.0315. The first-order valence-electron chi connectivity index (χ1n) is 10.8. The van der Waals surface area contributed by atoms with Crippen molar-refractivity contribution in [3.05, 3.63) is 75.3 Å². The molecule has 0 spiro atoms. The lowest BCUT2D eigenvalue weighted by Crippen LogP contribution is -2.50. The molecule has 2 aromatic rings. The molecule has 0 aliphatic carbocycles. The summed E-state index contributed by atoms with van der Waals surface area (Å²) in [6, 6.07) is -0.170. The topological polar surface area (TPSA) is 61.4 Å². The lowest BCUT2D eigenvalue weighted by Gasteiger charge is -2.21. The number of hydrazine groups is 1. The van der Waals surface area contributed by atoms with Gasteiger partial charge < -0.3 is 5.32 Å². The van der Waals surface area contributed by atoms with E-state index in [-0.39, 0.29) is 23.2 Å². The van der Waals surface area contributed by atoms with Gasteiger partial charge in [-0.05, 0) is 42.0 Å². The van der Waals surface area contributed by atoms with Crippen LogP contribution >= 0.6 is 11.6 Å². The Kier molecular flexibility index (Phi) is 10.1. The Bertz CT molecular complexity index is 1350. The molecule has 2 aromatic carbocycles. The van der Waals surface area contributed by atoms with Crippen LogP contribution in [0, 0.1) is 0 Å². The van der Waals surface area contributed by atoms with E-state index >= 15 is 0 Å². The quantitative estimate of drug-likeness (QED) is 0.256. The van der Waals surface area contributed by atoms with Crippen LogP contribution in [0.2, 0.25) is 5.02 Å². The van der Waals surface area contributed by atoms with E-state index in [1.165, 1.54) is 5.32 Å². The number of carbonyl (C=O) groups is 2. The van der Waals surface area contributed by atoms with Crippen molar-refractivity contribution < 1.29 is 66.7 Å². The normalized spacial score (nSPS) is 13.9. The summed E-state index contributed by atoms with van der Waals surface area (Å²) in [5.74, 6) is -6.82. The van der Waals surface area contributed by atoms with E-state index in [4.69, 9.17) is 11.6 Å². The zero-order chi connectivity index (χ0) is 32.4. The van der Waals surface area contributed by atoms with Crippen molar-refractivity contribution in [3.8, 4) is 0 Å². The molecule has 0 saturated carbocycles. The molecule has 0 saturated heterocycles. The largest absolute Gasteiger partial charge is 0.417 e.